The fourth-order valence-corrected chi connectivity index (χ4v) is 2.49. The van der Waals surface area contributed by atoms with Gasteiger partial charge in [0.2, 0.25) is 0 Å². The third-order valence-electron chi connectivity index (χ3n) is 3.95. The lowest BCUT2D eigenvalue weighted by Gasteiger charge is -2.16. The van der Waals surface area contributed by atoms with E-state index >= 15 is 0 Å². The lowest BCUT2D eigenvalue weighted by molar-refractivity contribution is -0.138. The molecule has 2 aromatic rings. The quantitative estimate of drug-likeness (QED) is 0.268. The van der Waals surface area contributed by atoms with Crippen molar-refractivity contribution in [3.05, 3.63) is 41.5 Å². The van der Waals surface area contributed by atoms with Gasteiger partial charge in [0.05, 0.1) is 23.2 Å². The van der Waals surface area contributed by atoms with Crippen LogP contribution in [0, 0.1) is 5.82 Å². The highest BCUT2D eigenvalue weighted by molar-refractivity contribution is 5.86. The second-order valence-electron chi connectivity index (χ2n) is 6.37. The smallest absolute Gasteiger partial charge is 0.363 e. The molecule has 1 aromatic heterocycles. The molecular weight excluding hydrogens is 395 g/mol. The number of carbonyl (C=O) groups is 1. The van der Waals surface area contributed by atoms with Crippen LogP contribution in [0.3, 0.4) is 0 Å². The lowest BCUT2D eigenvalue weighted by Crippen LogP contribution is -2.25. The van der Waals surface area contributed by atoms with Crippen molar-refractivity contribution in [1.82, 2.24) is 14.9 Å². The second kappa shape index (κ2) is 9.53. The number of benzene rings is 1. The number of rotatable bonds is 8. The minimum atomic E-state index is -4.62. The number of aromatic nitrogens is 2. The van der Waals surface area contributed by atoms with E-state index in [1.165, 1.54) is 11.2 Å². The predicted molar refractivity (Wildman–Crippen MR) is 98.4 cm³/mol. The van der Waals surface area contributed by atoms with E-state index in [9.17, 15) is 26.7 Å². The maximum absolute atomic E-state index is 14.3. The summed E-state index contributed by atoms with van der Waals surface area (Å²) < 4.78 is 65.9. The molecule has 0 aliphatic carbocycles. The van der Waals surface area contributed by atoms with Crippen molar-refractivity contribution >= 4 is 18.3 Å². The van der Waals surface area contributed by atoms with Crippen LogP contribution in [0.25, 0.3) is 11.4 Å². The molecule has 0 saturated heterocycles. The fraction of sp³-hybridized carbons (Fsp3) is 0.368. The third-order valence-corrected chi connectivity index (χ3v) is 3.95. The molecule has 0 fully saturated rings. The number of aliphatic imine (C=N–C) groups is 1. The Balaban J connectivity index is 2.32. The highest BCUT2D eigenvalue weighted by Gasteiger charge is 2.31. The van der Waals surface area contributed by atoms with Gasteiger partial charge in [-0.05, 0) is 18.6 Å². The summed E-state index contributed by atoms with van der Waals surface area (Å²) in [6.07, 6.45) is -1.82. The zero-order valence-electron chi connectivity index (χ0n) is 15.7. The van der Waals surface area contributed by atoms with Crippen molar-refractivity contribution < 1.29 is 26.7 Å². The molecule has 0 saturated carbocycles. The van der Waals surface area contributed by atoms with Gasteiger partial charge in [0, 0.05) is 31.5 Å². The summed E-state index contributed by atoms with van der Waals surface area (Å²) in [5, 5.41) is 0. The largest absolute Gasteiger partial charge is 0.419 e. The van der Waals surface area contributed by atoms with Crippen LogP contribution in [0.1, 0.15) is 35.7 Å². The zero-order valence-corrected chi connectivity index (χ0v) is 15.7. The Morgan fingerprint density at radius 1 is 1.24 bits per heavy atom. The van der Waals surface area contributed by atoms with Crippen molar-refractivity contribution in [1.29, 1.82) is 0 Å². The first-order valence-corrected chi connectivity index (χ1v) is 8.72. The van der Waals surface area contributed by atoms with Crippen molar-refractivity contribution in [2.75, 3.05) is 13.6 Å². The molecule has 0 amide bonds. The van der Waals surface area contributed by atoms with Gasteiger partial charge in [-0.1, -0.05) is 13.3 Å². The van der Waals surface area contributed by atoms with Crippen LogP contribution in [0.5, 0.6) is 0 Å². The summed E-state index contributed by atoms with van der Waals surface area (Å²) in [5.74, 6) is -1.17. The van der Waals surface area contributed by atoms with Crippen LogP contribution >= 0.6 is 0 Å². The molecule has 5 nitrogen and oxygen atoms in total. The zero-order chi connectivity index (χ0) is 21.6. The van der Waals surface area contributed by atoms with Crippen LogP contribution in [0.4, 0.5) is 27.6 Å². The van der Waals surface area contributed by atoms with Crippen molar-refractivity contribution in [3.63, 3.8) is 0 Å². The van der Waals surface area contributed by atoms with E-state index < -0.39 is 23.7 Å². The molecule has 0 radical (unpaired) electrons. The number of aldehydes is 1. The monoisotopic (exact) mass is 414 g/mol. The Kier molecular flexibility index (Phi) is 7.35. The van der Waals surface area contributed by atoms with E-state index in [0.717, 1.165) is 12.1 Å². The molecule has 0 aliphatic rings. The molecule has 1 unspecified atom stereocenters. The van der Waals surface area contributed by atoms with Crippen LogP contribution < -0.4 is 0 Å². The first kappa shape index (κ1) is 22.4. The summed E-state index contributed by atoms with van der Waals surface area (Å²) in [5.41, 5.74) is -1.31. The maximum Gasteiger partial charge on any atom is 0.419 e. The molecule has 1 aromatic carbocycles. The number of hydrogen-bond donors (Lipinski definition) is 0. The summed E-state index contributed by atoms with van der Waals surface area (Å²) in [6, 6.07) is 2.05. The Hall–Kier alpha value is -2.91. The number of carbonyl (C=O) groups excluding carboxylic acids is 1. The Labute approximate surface area is 164 Å². The molecule has 0 spiro atoms. The Morgan fingerprint density at radius 2 is 1.90 bits per heavy atom. The number of halogens is 5. The third kappa shape index (κ3) is 6.03. The highest BCUT2D eigenvalue weighted by Crippen LogP contribution is 2.31. The van der Waals surface area contributed by atoms with Crippen LogP contribution in [-0.4, -0.2) is 47.3 Å². The van der Waals surface area contributed by atoms with Gasteiger partial charge in [-0.25, -0.2) is 23.7 Å². The summed E-state index contributed by atoms with van der Waals surface area (Å²) in [6.45, 7) is 1.95. The molecule has 1 heterocycles. The molecule has 1 atom stereocenters. The van der Waals surface area contributed by atoms with Crippen molar-refractivity contribution in [2.24, 2.45) is 4.99 Å². The summed E-state index contributed by atoms with van der Waals surface area (Å²) in [4.78, 5) is 23.9. The number of hydrogen-bond acceptors (Lipinski definition) is 4. The van der Waals surface area contributed by atoms with Gasteiger partial charge in [0.15, 0.2) is 12.1 Å². The first-order chi connectivity index (χ1) is 13.7. The average Bonchev–Trinajstić information content (AvgIpc) is 2.66. The highest BCUT2D eigenvalue weighted by atomic mass is 19.4. The van der Waals surface area contributed by atoms with Gasteiger partial charge >= 0.3 is 6.18 Å². The van der Waals surface area contributed by atoms with E-state index in [-0.39, 0.29) is 29.2 Å². The van der Waals surface area contributed by atoms with Gasteiger partial charge in [-0.15, -0.1) is 0 Å². The maximum atomic E-state index is 14.3. The predicted octanol–water partition coefficient (Wildman–Crippen LogP) is 4.84. The van der Waals surface area contributed by atoms with Gasteiger partial charge < -0.3 is 4.90 Å². The van der Waals surface area contributed by atoms with Crippen molar-refractivity contribution in [2.45, 2.75) is 32.1 Å². The minimum absolute atomic E-state index is 0.0534. The average molecular weight is 414 g/mol. The van der Waals surface area contributed by atoms with Gasteiger partial charge in [0.1, 0.15) is 12.0 Å². The van der Waals surface area contributed by atoms with E-state index in [1.807, 2.05) is 6.92 Å². The first-order valence-electron chi connectivity index (χ1n) is 8.72. The van der Waals surface area contributed by atoms with E-state index in [0.29, 0.717) is 31.5 Å². The molecule has 0 aliphatic heterocycles. The van der Waals surface area contributed by atoms with E-state index in [2.05, 4.69) is 15.0 Å². The van der Waals surface area contributed by atoms with Crippen molar-refractivity contribution in [3.8, 4) is 11.4 Å². The van der Waals surface area contributed by atoms with E-state index in [1.54, 1.807) is 7.05 Å². The molecule has 0 N–H and O–H groups in total. The summed E-state index contributed by atoms with van der Waals surface area (Å²) >= 11 is 0. The van der Waals surface area contributed by atoms with Crippen LogP contribution in [-0.2, 0) is 6.18 Å². The number of nitrogens with zero attached hydrogens (tertiary/aromatic N) is 4. The molecule has 0 bridgehead atoms. The fourth-order valence-electron chi connectivity index (χ4n) is 2.49. The minimum Gasteiger partial charge on any atom is -0.363 e. The molecule has 156 valence electrons. The topological polar surface area (TPSA) is 58.5 Å². The van der Waals surface area contributed by atoms with Crippen LogP contribution in [0.15, 0.2) is 29.5 Å². The Morgan fingerprint density at radius 3 is 2.45 bits per heavy atom. The van der Waals surface area contributed by atoms with Crippen LogP contribution in [0.2, 0.25) is 0 Å². The lowest BCUT2D eigenvalue weighted by atomic mass is 10.1. The van der Waals surface area contributed by atoms with Gasteiger partial charge in [0.25, 0.3) is 0 Å². The standard InChI is InChI=1S/C19H19F5N4O/c1-3-4-14(20)9-28(2)11-27-17-6-15(16(21)5-12(17)10-29)18-25-7-13(8-26-18)19(22,23)24/h5-8,10-11,14H,3-4,9H2,1-2H3. The van der Waals surface area contributed by atoms with Gasteiger partial charge in [-0.3, -0.25) is 4.79 Å². The molecule has 29 heavy (non-hydrogen) atoms. The molecular formula is C19H19F5N4O. The second-order valence-corrected chi connectivity index (χ2v) is 6.37. The van der Waals surface area contributed by atoms with Gasteiger partial charge in [-0.2, -0.15) is 13.2 Å². The number of alkyl halides is 4. The molecule has 2 rings (SSSR count). The Bertz CT molecular complexity index is 868. The molecule has 10 heteroatoms. The SMILES string of the molecule is CCCC(F)CN(C)C=Nc1cc(-c2ncc(C(F)(F)F)cn2)c(F)cc1C=O. The normalized spacial score (nSPS) is 12.9. The van der Waals surface area contributed by atoms with E-state index in [4.69, 9.17) is 0 Å². The summed E-state index contributed by atoms with van der Waals surface area (Å²) in [7, 11) is 1.59.